The van der Waals surface area contributed by atoms with Gasteiger partial charge in [0.15, 0.2) is 5.96 Å². The fourth-order valence-corrected chi connectivity index (χ4v) is 3.03. The smallest absolute Gasteiger partial charge is 0.191 e. The summed E-state index contributed by atoms with van der Waals surface area (Å²) < 4.78 is 7.20. The van der Waals surface area contributed by atoms with Crippen molar-refractivity contribution < 1.29 is 4.42 Å². The number of aliphatic imine (C=N–C) groups is 1. The molecule has 0 amide bonds. The molecule has 0 saturated carbocycles. The summed E-state index contributed by atoms with van der Waals surface area (Å²) in [5.74, 6) is 2.58. The van der Waals surface area contributed by atoms with Crippen molar-refractivity contribution in [3.8, 4) is 0 Å². The summed E-state index contributed by atoms with van der Waals surface area (Å²) >= 11 is 0. The average Bonchev–Trinajstić information content (AvgIpc) is 3.36. The van der Waals surface area contributed by atoms with Crippen LogP contribution in [0.1, 0.15) is 29.6 Å². The standard InChI is InChI=1S/C21H29N7O.HI/c1-4-22-21(24-13-20-25-16-26-28(20)3)23-12-17-8-5-6-9-18(17)14-27(2)15-19-10-7-11-29-19;/h5-11,16H,4,12-15H2,1-3H3,(H2,22,23,24);1H. The first-order valence-electron chi connectivity index (χ1n) is 9.78. The number of furan rings is 1. The Morgan fingerprint density at radius 3 is 2.60 bits per heavy atom. The molecule has 3 aromatic rings. The maximum Gasteiger partial charge on any atom is 0.191 e. The van der Waals surface area contributed by atoms with Crippen LogP contribution in [0.15, 0.2) is 58.4 Å². The van der Waals surface area contributed by atoms with Crippen LogP contribution in [0.25, 0.3) is 0 Å². The molecule has 3 rings (SSSR count). The van der Waals surface area contributed by atoms with Gasteiger partial charge in [-0.25, -0.2) is 9.98 Å². The molecule has 1 aromatic carbocycles. The van der Waals surface area contributed by atoms with E-state index in [9.17, 15) is 0 Å². The molecule has 9 heteroatoms. The lowest BCUT2D eigenvalue weighted by Gasteiger charge is -2.17. The van der Waals surface area contributed by atoms with Gasteiger partial charge in [0.1, 0.15) is 17.9 Å². The molecule has 0 atom stereocenters. The van der Waals surface area contributed by atoms with E-state index in [2.05, 4.69) is 63.9 Å². The molecule has 162 valence electrons. The van der Waals surface area contributed by atoms with Gasteiger partial charge in [-0.1, -0.05) is 24.3 Å². The number of rotatable bonds is 9. The molecule has 30 heavy (non-hydrogen) atoms. The first-order valence-corrected chi connectivity index (χ1v) is 9.78. The molecule has 0 saturated heterocycles. The summed E-state index contributed by atoms with van der Waals surface area (Å²) in [7, 11) is 3.97. The Kier molecular flexibility index (Phi) is 9.81. The van der Waals surface area contributed by atoms with Crippen molar-refractivity contribution in [3.05, 3.63) is 71.7 Å². The molecule has 0 bridgehead atoms. The maximum atomic E-state index is 5.45. The molecule has 2 heterocycles. The minimum atomic E-state index is 0. The van der Waals surface area contributed by atoms with E-state index in [0.717, 1.165) is 37.2 Å². The lowest BCUT2D eigenvalue weighted by molar-refractivity contribution is 0.287. The number of nitrogens with one attached hydrogen (secondary N) is 2. The summed E-state index contributed by atoms with van der Waals surface area (Å²) in [6.45, 7) is 5.60. The third-order valence-corrected chi connectivity index (χ3v) is 4.54. The Hall–Kier alpha value is -2.40. The van der Waals surface area contributed by atoms with E-state index in [1.54, 1.807) is 17.3 Å². The van der Waals surface area contributed by atoms with Gasteiger partial charge in [-0.2, -0.15) is 5.10 Å². The second-order valence-electron chi connectivity index (χ2n) is 6.87. The number of guanidine groups is 1. The van der Waals surface area contributed by atoms with Gasteiger partial charge in [-0.05, 0) is 37.2 Å². The Balaban J connectivity index is 0.00000320. The first kappa shape index (κ1) is 23.9. The van der Waals surface area contributed by atoms with Crippen molar-refractivity contribution in [1.82, 2.24) is 30.3 Å². The quantitative estimate of drug-likeness (QED) is 0.255. The highest BCUT2D eigenvalue weighted by atomic mass is 127. The van der Waals surface area contributed by atoms with Crippen LogP contribution >= 0.6 is 24.0 Å². The molecule has 8 nitrogen and oxygen atoms in total. The zero-order chi connectivity index (χ0) is 20.5. The highest BCUT2D eigenvalue weighted by molar-refractivity contribution is 14.0. The molecular weight excluding hydrogens is 493 g/mol. The van der Waals surface area contributed by atoms with Crippen LogP contribution < -0.4 is 10.6 Å². The Labute approximate surface area is 194 Å². The number of aryl methyl sites for hydroxylation is 1. The van der Waals surface area contributed by atoms with Crippen LogP contribution in [0, 0.1) is 0 Å². The minimum Gasteiger partial charge on any atom is -0.468 e. The van der Waals surface area contributed by atoms with Crippen molar-refractivity contribution >= 4 is 29.9 Å². The van der Waals surface area contributed by atoms with Gasteiger partial charge >= 0.3 is 0 Å². The second kappa shape index (κ2) is 12.3. The predicted octanol–water partition coefficient (Wildman–Crippen LogP) is 2.91. The highest BCUT2D eigenvalue weighted by Gasteiger charge is 2.08. The number of benzene rings is 1. The third-order valence-electron chi connectivity index (χ3n) is 4.54. The normalized spacial score (nSPS) is 11.4. The largest absolute Gasteiger partial charge is 0.468 e. The number of halogens is 1. The lowest BCUT2D eigenvalue weighted by atomic mass is 10.1. The predicted molar refractivity (Wildman–Crippen MR) is 128 cm³/mol. The Morgan fingerprint density at radius 1 is 1.13 bits per heavy atom. The van der Waals surface area contributed by atoms with Gasteiger partial charge in [-0.15, -0.1) is 24.0 Å². The zero-order valence-corrected chi connectivity index (χ0v) is 20.0. The van der Waals surface area contributed by atoms with Crippen LogP contribution in [0.4, 0.5) is 0 Å². The van der Waals surface area contributed by atoms with Gasteiger partial charge in [0.2, 0.25) is 0 Å². The van der Waals surface area contributed by atoms with Gasteiger partial charge in [-0.3, -0.25) is 9.58 Å². The van der Waals surface area contributed by atoms with Gasteiger partial charge in [0.05, 0.1) is 25.9 Å². The molecule has 0 fully saturated rings. The molecule has 0 spiro atoms. The van der Waals surface area contributed by atoms with Crippen LogP contribution in [-0.4, -0.2) is 39.2 Å². The molecule has 2 aromatic heterocycles. The topological polar surface area (TPSA) is 83.5 Å². The molecule has 0 aliphatic heterocycles. The first-order chi connectivity index (χ1) is 14.2. The average molecular weight is 523 g/mol. The van der Waals surface area contributed by atoms with Gasteiger partial charge in [0, 0.05) is 20.1 Å². The highest BCUT2D eigenvalue weighted by Crippen LogP contribution is 2.14. The van der Waals surface area contributed by atoms with E-state index >= 15 is 0 Å². The Bertz CT molecular complexity index is 908. The zero-order valence-electron chi connectivity index (χ0n) is 17.7. The monoisotopic (exact) mass is 523 g/mol. The lowest BCUT2D eigenvalue weighted by Crippen LogP contribution is -2.37. The van der Waals surface area contributed by atoms with E-state index in [4.69, 9.17) is 9.41 Å². The second-order valence-corrected chi connectivity index (χ2v) is 6.87. The molecule has 0 aliphatic rings. The van der Waals surface area contributed by atoms with Crippen LogP contribution in [-0.2, 0) is 33.2 Å². The van der Waals surface area contributed by atoms with Crippen molar-refractivity contribution in [1.29, 1.82) is 0 Å². The molecule has 0 aliphatic carbocycles. The number of hydrogen-bond donors (Lipinski definition) is 2. The summed E-state index contributed by atoms with van der Waals surface area (Å²) in [4.78, 5) is 11.2. The van der Waals surface area contributed by atoms with Crippen LogP contribution in [0.3, 0.4) is 0 Å². The van der Waals surface area contributed by atoms with Gasteiger partial charge in [0.25, 0.3) is 0 Å². The Morgan fingerprint density at radius 2 is 1.93 bits per heavy atom. The van der Waals surface area contributed by atoms with Gasteiger partial charge < -0.3 is 15.1 Å². The van der Waals surface area contributed by atoms with E-state index in [1.807, 2.05) is 19.2 Å². The van der Waals surface area contributed by atoms with Crippen molar-refractivity contribution in [2.45, 2.75) is 33.1 Å². The summed E-state index contributed by atoms with van der Waals surface area (Å²) in [5.41, 5.74) is 2.46. The van der Waals surface area contributed by atoms with Crippen LogP contribution in [0.2, 0.25) is 0 Å². The fraction of sp³-hybridized carbons (Fsp3) is 0.381. The van der Waals surface area contributed by atoms with Crippen LogP contribution in [0.5, 0.6) is 0 Å². The van der Waals surface area contributed by atoms with E-state index in [0.29, 0.717) is 13.1 Å². The summed E-state index contributed by atoms with van der Waals surface area (Å²) in [6, 6.07) is 12.3. The summed E-state index contributed by atoms with van der Waals surface area (Å²) in [5, 5.41) is 10.7. The molecule has 0 unspecified atom stereocenters. The molecule has 2 N–H and O–H groups in total. The number of aromatic nitrogens is 3. The maximum absolute atomic E-state index is 5.45. The molecule has 0 radical (unpaired) electrons. The molecular formula is C21H30IN7O. The van der Waals surface area contributed by atoms with E-state index in [1.165, 1.54) is 11.1 Å². The SMILES string of the molecule is CCNC(=NCc1ccccc1CN(C)Cc1ccco1)NCc1ncnn1C.I. The minimum absolute atomic E-state index is 0. The third kappa shape index (κ3) is 7.13. The van der Waals surface area contributed by atoms with Crippen molar-refractivity contribution in [2.24, 2.45) is 12.0 Å². The van der Waals surface area contributed by atoms with Crippen molar-refractivity contribution in [3.63, 3.8) is 0 Å². The number of hydrogen-bond acceptors (Lipinski definition) is 5. The van der Waals surface area contributed by atoms with Crippen molar-refractivity contribution in [2.75, 3.05) is 13.6 Å². The summed E-state index contributed by atoms with van der Waals surface area (Å²) in [6.07, 6.45) is 3.26. The number of nitrogens with zero attached hydrogens (tertiary/aromatic N) is 5. The van der Waals surface area contributed by atoms with E-state index in [-0.39, 0.29) is 24.0 Å². The fourth-order valence-electron chi connectivity index (χ4n) is 3.03. The van der Waals surface area contributed by atoms with E-state index < -0.39 is 0 Å².